The zero-order valence-electron chi connectivity index (χ0n) is 14.6. The number of rotatable bonds is 4. The number of hydrogen-bond acceptors (Lipinski definition) is 3. The summed E-state index contributed by atoms with van der Waals surface area (Å²) in [5.41, 5.74) is 6.49. The Labute approximate surface area is 131 Å². The van der Waals surface area contributed by atoms with Crippen molar-refractivity contribution in [1.29, 1.82) is 0 Å². The van der Waals surface area contributed by atoms with Crippen LogP contribution in [0.15, 0.2) is 0 Å². The zero-order valence-corrected chi connectivity index (χ0v) is 14.6. The molecule has 2 aliphatic rings. The van der Waals surface area contributed by atoms with Crippen LogP contribution in [0, 0.1) is 17.3 Å². The van der Waals surface area contributed by atoms with Crippen molar-refractivity contribution in [3.05, 3.63) is 0 Å². The van der Waals surface area contributed by atoms with Gasteiger partial charge in [0.2, 0.25) is 0 Å². The second-order valence-electron chi connectivity index (χ2n) is 8.35. The van der Waals surface area contributed by atoms with E-state index in [4.69, 9.17) is 10.5 Å². The summed E-state index contributed by atoms with van der Waals surface area (Å²) in [6, 6.07) is 0.532. The van der Waals surface area contributed by atoms with Crippen molar-refractivity contribution in [3.63, 3.8) is 0 Å². The number of hydrogen-bond donors (Lipinski definition) is 1. The second kappa shape index (κ2) is 7.43. The minimum Gasteiger partial charge on any atom is -0.381 e. The van der Waals surface area contributed by atoms with Gasteiger partial charge < -0.3 is 10.5 Å². The molecule has 1 saturated heterocycles. The van der Waals surface area contributed by atoms with Crippen molar-refractivity contribution in [2.45, 2.75) is 71.4 Å². The van der Waals surface area contributed by atoms with Crippen LogP contribution in [0.5, 0.6) is 0 Å². The lowest BCUT2D eigenvalue weighted by Gasteiger charge is -2.42. The molecule has 2 unspecified atom stereocenters. The Balaban J connectivity index is 1.80. The molecule has 1 heterocycles. The molecule has 0 spiro atoms. The van der Waals surface area contributed by atoms with E-state index in [0.29, 0.717) is 17.6 Å². The maximum absolute atomic E-state index is 6.00. The molecule has 2 N–H and O–H groups in total. The van der Waals surface area contributed by atoms with E-state index in [2.05, 4.69) is 25.7 Å². The minimum absolute atomic E-state index is 0.423. The lowest BCUT2D eigenvalue weighted by atomic mass is 9.69. The molecule has 1 aliphatic heterocycles. The number of piperidine rings is 1. The van der Waals surface area contributed by atoms with E-state index in [1.54, 1.807) is 0 Å². The number of methoxy groups -OCH3 is 1. The molecular weight excluding hydrogens is 260 g/mol. The van der Waals surface area contributed by atoms with Crippen LogP contribution in [0.2, 0.25) is 0 Å². The minimum atomic E-state index is 0.423. The van der Waals surface area contributed by atoms with Gasteiger partial charge in [-0.3, -0.25) is 4.90 Å². The van der Waals surface area contributed by atoms with Gasteiger partial charge in [0.05, 0.1) is 6.10 Å². The standard InChI is InChI=1S/C18H36N2O/c1-18(2,3)15-7-5-14(6-8-15)13-20-10-9-17(21-4)11-16(20)12-19/h14-17H,5-13,19H2,1-4H3. The monoisotopic (exact) mass is 296 g/mol. The first-order chi connectivity index (χ1) is 9.94. The number of likely N-dealkylation sites (tertiary alicyclic amines) is 1. The molecule has 0 aromatic heterocycles. The SMILES string of the molecule is COC1CCN(CC2CCC(C(C)(C)C)CC2)C(CN)C1. The second-order valence-corrected chi connectivity index (χ2v) is 8.35. The van der Waals surface area contributed by atoms with Crippen molar-refractivity contribution >= 4 is 0 Å². The van der Waals surface area contributed by atoms with Crippen molar-refractivity contribution < 1.29 is 4.74 Å². The Morgan fingerprint density at radius 3 is 2.29 bits per heavy atom. The van der Waals surface area contributed by atoms with Gasteiger partial charge in [-0.1, -0.05) is 20.8 Å². The van der Waals surface area contributed by atoms with Crippen LogP contribution in [0.1, 0.15) is 59.3 Å². The smallest absolute Gasteiger partial charge is 0.0599 e. The Morgan fingerprint density at radius 1 is 1.10 bits per heavy atom. The van der Waals surface area contributed by atoms with Gasteiger partial charge in [0.15, 0.2) is 0 Å². The van der Waals surface area contributed by atoms with Crippen molar-refractivity contribution in [3.8, 4) is 0 Å². The lowest BCUT2D eigenvalue weighted by Crippen LogP contribution is -2.50. The average molecular weight is 296 g/mol. The molecule has 21 heavy (non-hydrogen) atoms. The van der Waals surface area contributed by atoms with E-state index in [1.165, 1.54) is 45.2 Å². The first-order valence-electron chi connectivity index (χ1n) is 8.91. The van der Waals surface area contributed by atoms with Gasteiger partial charge in [-0.05, 0) is 55.8 Å². The summed E-state index contributed by atoms with van der Waals surface area (Å²) in [5.74, 6) is 1.80. The van der Waals surface area contributed by atoms with Crippen LogP contribution in [0.3, 0.4) is 0 Å². The maximum Gasteiger partial charge on any atom is 0.0599 e. The van der Waals surface area contributed by atoms with Crippen LogP contribution in [-0.2, 0) is 4.74 Å². The van der Waals surface area contributed by atoms with Gasteiger partial charge in [0.25, 0.3) is 0 Å². The third-order valence-corrected chi connectivity index (χ3v) is 5.96. The molecule has 0 aromatic carbocycles. The first-order valence-corrected chi connectivity index (χ1v) is 8.91. The molecule has 2 rings (SSSR count). The van der Waals surface area contributed by atoms with Crippen molar-refractivity contribution in [2.24, 2.45) is 23.0 Å². The third-order valence-electron chi connectivity index (χ3n) is 5.96. The van der Waals surface area contributed by atoms with E-state index in [0.717, 1.165) is 24.8 Å². The van der Waals surface area contributed by atoms with Crippen LogP contribution < -0.4 is 5.73 Å². The van der Waals surface area contributed by atoms with Crippen LogP contribution in [0.4, 0.5) is 0 Å². The highest BCUT2D eigenvalue weighted by Gasteiger charge is 2.33. The Morgan fingerprint density at radius 2 is 1.76 bits per heavy atom. The quantitative estimate of drug-likeness (QED) is 0.865. The summed E-state index contributed by atoms with van der Waals surface area (Å²) in [4.78, 5) is 2.65. The Hall–Kier alpha value is -0.120. The number of nitrogens with two attached hydrogens (primary N) is 1. The van der Waals surface area contributed by atoms with E-state index in [-0.39, 0.29) is 0 Å². The molecule has 0 aromatic rings. The van der Waals surface area contributed by atoms with Gasteiger partial charge in [0, 0.05) is 32.8 Å². The lowest BCUT2D eigenvalue weighted by molar-refractivity contribution is 0.00296. The normalized spacial score (nSPS) is 35.9. The molecule has 2 atom stereocenters. The molecular formula is C18H36N2O. The number of ether oxygens (including phenoxy) is 1. The summed E-state index contributed by atoms with van der Waals surface area (Å²) in [6.45, 7) is 10.4. The van der Waals surface area contributed by atoms with E-state index in [9.17, 15) is 0 Å². The summed E-state index contributed by atoms with van der Waals surface area (Å²) in [5, 5.41) is 0. The fourth-order valence-corrected chi connectivity index (χ4v) is 4.31. The van der Waals surface area contributed by atoms with Crippen LogP contribution >= 0.6 is 0 Å². The Bertz CT molecular complexity index is 305. The summed E-state index contributed by atoms with van der Waals surface area (Å²) in [6.07, 6.45) is 8.35. The molecule has 3 nitrogen and oxygen atoms in total. The van der Waals surface area contributed by atoms with Crippen molar-refractivity contribution in [1.82, 2.24) is 4.90 Å². The highest BCUT2D eigenvalue weighted by Crippen LogP contribution is 2.40. The summed E-state index contributed by atoms with van der Waals surface area (Å²) < 4.78 is 5.53. The fraction of sp³-hybridized carbons (Fsp3) is 1.00. The van der Waals surface area contributed by atoms with E-state index < -0.39 is 0 Å². The third kappa shape index (κ3) is 4.67. The molecule has 0 bridgehead atoms. The first kappa shape index (κ1) is 17.2. The topological polar surface area (TPSA) is 38.5 Å². The molecule has 1 saturated carbocycles. The van der Waals surface area contributed by atoms with Gasteiger partial charge in [-0.25, -0.2) is 0 Å². The largest absolute Gasteiger partial charge is 0.381 e. The van der Waals surface area contributed by atoms with Gasteiger partial charge in [-0.15, -0.1) is 0 Å². The van der Waals surface area contributed by atoms with Gasteiger partial charge in [-0.2, -0.15) is 0 Å². The molecule has 2 fully saturated rings. The van der Waals surface area contributed by atoms with E-state index in [1.807, 2.05) is 7.11 Å². The molecule has 0 amide bonds. The van der Waals surface area contributed by atoms with Crippen LogP contribution in [0.25, 0.3) is 0 Å². The zero-order chi connectivity index (χ0) is 15.5. The molecule has 3 heteroatoms. The predicted molar refractivity (Wildman–Crippen MR) is 89.3 cm³/mol. The molecule has 124 valence electrons. The summed E-state index contributed by atoms with van der Waals surface area (Å²) >= 11 is 0. The van der Waals surface area contributed by atoms with Gasteiger partial charge >= 0.3 is 0 Å². The molecule has 1 aliphatic carbocycles. The maximum atomic E-state index is 6.00. The van der Waals surface area contributed by atoms with Crippen molar-refractivity contribution in [2.75, 3.05) is 26.7 Å². The Kier molecular flexibility index (Phi) is 6.10. The highest BCUT2D eigenvalue weighted by molar-refractivity contribution is 4.87. The summed E-state index contributed by atoms with van der Waals surface area (Å²) in [7, 11) is 1.83. The van der Waals surface area contributed by atoms with Gasteiger partial charge in [0.1, 0.15) is 0 Å². The van der Waals surface area contributed by atoms with E-state index >= 15 is 0 Å². The molecule has 0 radical (unpaired) electrons. The number of nitrogens with zero attached hydrogens (tertiary/aromatic N) is 1. The average Bonchev–Trinajstić information content (AvgIpc) is 2.47. The fourth-order valence-electron chi connectivity index (χ4n) is 4.31. The highest BCUT2D eigenvalue weighted by atomic mass is 16.5. The van der Waals surface area contributed by atoms with Crippen LogP contribution in [-0.4, -0.2) is 43.8 Å². The predicted octanol–water partition coefficient (Wildman–Crippen LogP) is 3.28.